The highest BCUT2D eigenvalue weighted by Crippen LogP contribution is 2.18. The molecule has 1 heterocycles. The zero-order valence-corrected chi connectivity index (χ0v) is 13.9. The van der Waals surface area contributed by atoms with Crippen LogP contribution in [0.3, 0.4) is 0 Å². The second-order valence-electron chi connectivity index (χ2n) is 5.33. The topological polar surface area (TPSA) is 81.1 Å². The summed E-state index contributed by atoms with van der Waals surface area (Å²) >= 11 is 0. The molecule has 0 atom stereocenters. The molecular weight excluding hydrogens is 321 g/mol. The van der Waals surface area contributed by atoms with Crippen LogP contribution < -0.4 is 4.72 Å². The average Bonchev–Trinajstić information content (AvgIpc) is 2.92. The molecule has 1 amide bonds. The molecule has 0 aliphatic carbocycles. The van der Waals surface area contributed by atoms with Crippen molar-refractivity contribution in [1.82, 2.24) is 14.5 Å². The van der Waals surface area contributed by atoms with Crippen LogP contribution in [-0.4, -0.2) is 24.1 Å². The van der Waals surface area contributed by atoms with Crippen LogP contribution in [0, 0.1) is 5.82 Å². The Hall–Kier alpha value is -2.22. The van der Waals surface area contributed by atoms with Gasteiger partial charge in [-0.1, -0.05) is 13.8 Å². The van der Waals surface area contributed by atoms with Crippen LogP contribution in [0.15, 0.2) is 35.4 Å². The molecule has 2 rings (SSSR count). The number of nitrogens with zero attached hydrogens (tertiary/aromatic N) is 2. The molecule has 8 heteroatoms. The highest BCUT2D eigenvalue weighted by atomic mass is 32.2. The number of hydrogen-bond donors (Lipinski definition) is 1. The summed E-state index contributed by atoms with van der Waals surface area (Å²) in [5.74, 6) is -1.34. The van der Waals surface area contributed by atoms with Gasteiger partial charge in [-0.2, -0.15) is 5.10 Å². The van der Waals surface area contributed by atoms with E-state index < -0.39 is 21.7 Å². The van der Waals surface area contributed by atoms with Crippen molar-refractivity contribution in [3.8, 4) is 0 Å². The largest absolute Gasteiger partial charge is 0.272 e. The number of aryl methyl sites for hydroxylation is 1. The number of carbonyl (C=O) groups excluding carboxylic acids is 1. The summed E-state index contributed by atoms with van der Waals surface area (Å²) in [6, 6.07) is 4.24. The SMILES string of the molecule is CCn1cc(C(=O)NS(=O)(=O)c2ccc(F)cc2)c(C(C)C)n1. The molecule has 1 N–H and O–H groups in total. The van der Waals surface area contributed by atoms with Crippen molar-refractivity contribution < 1.29 is 17.6 Å². The molecule has 0 saturated heterocycles. The van der Waals surface area contributed by atoms with Crippen LogP contribution >= 0.6 is 0 Å². The number of sulfonamides is 1. The van der Waals surface area contributed by atoms with Crippen molar-refractivity contribution in [3.63, 3.8) is 0 Å². The van der Waals surface area contributed by atoms with E-state index in [9.17, 15) is 17.6 Å². The van der Waals surface area contributed by atoms with Gasteiger partial charge < -0.3 is 0 Å². The fourth-order valence-electron chi connectivity index (χ4n) is 2.05. The van der Waals surface area contributed by atoms with Gasteiger partial charge in [-0.15, -0.1) is 0 Å². The van der Waals surface area contributed by atoms with Crippen LogP contribution in [0.4, 0.5) is 4.39 Å². The van der Waals surface area contributed by atoms with Gasteiger partial charge in [-0.3, -0.25) is 9.48 Å². The molecule has 0 unspecified atom stereocenters. The lowest BCUT2D eigenvalue weighted by atomic mass is 10.1. The quantitative estimate of drug-likeness (QED) is 0.906. The summed E-state index contributed by atoms with van der Waals surface area (Å²) in [6.45, 7) is 6.17. The molecule has 0 fully saturated rings. The van der Waals surface area contributed by atoms with Crippen LogP contribution in [-0.2, 0) is 16.6 Å². The minimum Gasteiger partial charge on any atom is -0.272 e. The Morgan fingerprint density at radius 1 is 1.30 bits per heavy atom. The highest BCUT2D eigenvalue weighted by Gasteiger charge is 2.24. The van der Waals surface area contributed by atoms with E-state index in [1.807, 2.05) is 25.5 Å². The lowest BCUT2D eigenvalue weighted by Gasteiger charge is -2.08. The van der Waals surface area contributed by atoms with Gasteiger partial charge >= 0.3 is 0 Å². The number of hydrogen-bond acceptors (Lipinski definition) is 4. The first-order valence-corrected chi connectivity index (χ1v) is 8.63. The summed E-state index contributed by atoms with van der Waals surface area (Å²) in [5, 5.41) is 4.28. The summed E-state index contributed by atoms with van der Waals surface area (Å²) in [7, 11) is -4.07. The first-order valence-electron chi connectivity index (χ1n) is 7.14. The van der Waals surface area contributed by atoms with E-state index in [1.54, 1.807) is 4.68 Å². The minimum absolute atomic E-state index is 0.0305. The Bertz CT molecular complexity index is 811. The van der Waals surface area contributed by atoms with Crippen molar-refractivity contribution in [2.45, 2.75) is 38.1 Å². The van der Waals surface area contributed by atoms with Gasteiger partial charge in [0.15, 0.2) is 0 Å². The van der Waals surface area contributed by atoms with E-state index in [-0.39, 0.29) is 16.4 Å². The predicted molar refractivity (Wildman–Crippen MR) is 83.0 cm³/mol. The normalized spacial score (nSPS) is 11.7. The van der Waals surface area contributed by atoms with Crippen LogP contribution in [0.1, 0.15) is 42.7 Å². The standard InChI is InChI=1S/C15H18FN3O3S/c1-4-19-9-13(14(17-19)10(2)3)15(20)18-23(21,22)12-7-5-11(16)6-8-12/h5-10H,4H2,1-3H3,(H,18,20). The highest BCUT2D eigenvalue weighted by molar-refractivity contribution is 7.90. The third kappa shape index (κ3) is 3.76. The number of rotatable bonds is 5. The monoisotopic (exact) mass is 339 g/mol. The molecule has 1 aromatic carbocycles. The average molecular weight is 339 g/mol. The molecule has 2 aromatic rings. The van der Waals surface area contributed by atoms with Gasteiger partial charge in [-0.05, 0) is 37.1 Å². The molecule has 0 aliphatic rings. The van der Waals surface area contributed by atoms with Crippen LogP contribution in [0.2, 0.25) is 0 Å². The minimum atomic E-state index is -4.07. The number of halogens is 1. The van der Waals surface area contributed by atoms with Crippen molar-refractivity contribution in [1.29, 1.82) is 0 Å². The maximum atomic E-state index is 12.9. The summed E-state index contributed by atoms with van der Waals surface area (Å²) < 4.78 is 40.9. The van der Waals surface area contributed by atoms with E-state index in [0.717, 1.165) is 24.3 Å². The van der Waals surface area contributed by atoms with Crippen molar-refractivity contribution >= 4 is 15.9 Å². The summed E-state index contributed by atoms with van der Waals surface area (Å²) in [4.78, 5) is 12.2. The summed E-state index contributed by atoms with van der Waals surface area (Å²) in [5.41, 5.74) is 0.742. The third-order valence-electron chi connectivity index (χ3n) is 3.26. The molecule has 0 saturated carbocycles. The molecule has 124 valence electrons. The van der Waals surface area contributed by atoms with Crippen LogP contribution in [0.5, 0.6) is 0 Å². The van der Waals surface area contributed by atoms with E-state index in [1.165, 1.54) is 6.20 Å². The second kappa shape index (κ2) is 6.49. The number of nitrogens with one attached hydrogen (secondary N) is 1. The fraction of sp³-hybridized carbons (Fsp3) is 0.333. The third-order valence-corrected chi connectivity index (χ3v) is 4.60. The predicted octanol–water partition coefficient (Wildman–Crippen LogP) is 2.28. The Balaban J connectivity index is 2.31. The van der Waals surface area contributed by atoms with E-state index in [2.05, 4.69) is 5.10 Å². The van der Waals surface area contributed by atoms with Gasteiger partial charge in [-0.25, -0.2) is 17.5 Å². The fourth-order valence-corrected chi connectivity index (χ4v) is 3.02. The summed E-state index contributed by atoms with van der Waals surface area (Å²) in [6.07, 6.45) is 1.52. The molecular formula is C15H18FN3O3S. The molecule has 0 radical (unpaired) electrons. The molecule has 0 aliphatic heterocycles. The Morgan fingerprint density at radius 2 is 1.91 bits per heavy atom. The van der Waals surface area contributed by atoms with Gasteiger partial charge in [0, 0.05) is 12.7 Å². The number of amides is 1. The number of carbonyl (C=O) groups is 1. The molecule has 6 nitrogen and oxygen atoms in total. The van der Waals surface area contributed by atoms with Gasteiger partial charge in [0.25, 0.3) is 15.9 Å². The zero-order chi connectivity index (χ0) is 17.2. The van der Waals surface area contributed by atoms with Gasteiger partial charge in [0.05, 0.1) is 16.2 Å². The number of aromatic nitrogens is 2. The van der Waals surface area contributed by atoms with E-state index >= 15 is 0 Å². The maximum absolute atomic E-state index is 12.9. The lowest BCUT2D eigenvalue weighted by molar-refractivity contribution is 0.0980. The molecule has 0 spiro atoms. The molecule has 0 bridgehead atoms. The van der Waals surface area contributed by atoms with Crippen LogP contribution in [0.25, 0.3) is 0 Å². The first-order chi connectivity index (χ1) is 10.7. The molecule has 23 heavy (non-hydrogen) atoms. The van der Waals surface area contributed by atoms with Gasteiger partial charge in [0.1, 0.15) is 5.82 Å². The smallest absolute Gasteiger partial charge is 0.268 e. The Morgan fingerprint density at radius 3 is 2.43 bits per heavy atom. The first kappa shape index (κ1) is 17.1. The van der Waals surface area contributed by atoms with Crippen molar-refractivity contribution in [3.05, 3.63) is 47.5 Å². The van der Waals surface area contributed by atoms with Crippen molar-refractivity contribution in [2.75, 3.05) is 0 Å². The maximum Gasteiger partial charge on any atom is 0.268 e. The second-order valence-corrected chi connectivity index (χ2v) is 7.01. The molecule has 1 aromatic heterocycles. The Kier molecular flexibility index (Phi) is 4.84. The van der Waals surface area contributed by atoms with Gasteiger partial charge in [0.2, 0.25) is 0 Å². The van der Waals surface area contributed by atoms with Crippen molar-refractivity contribution in [2.24, 2.45) is 0 Å². The number of benzene rings is 1. The zero-order valence-electron chi connectivity index (χ0n) is 13.1. The lowest BCUT2D eigenvalue weighted by Crippen LogP contribution is -2.31. The van der Waals surface area contributed by atoms with E-state index in [4.69, 9.17) is 0 Å². The Labute approximate surface area is 134 Å². The van der Waals surface area contributed by atoms with E-state index in [0.29, 0.717) is 12.2 Å².